The highest BCUT2D eigenvalue weighted by Crippen LogP contribution is 2.29. The Morgan fingerprint density at radius 3 is 2.62 bits per heavy atom. The summed E-state index contributed by atoms with van der Waals surface area (Å²) in [5.74, 6) is 0. The molecular weight excluding hydrogens is 220 g/mol. The first-order chi connectivity index (χ1) is 7.81. The molecule has 1 aliphatic rings. The predicted molar refractivity (Wildman–Crippen MR) is 70.3 cm³/mol. The number of halogens is 1. The maximum Gasteiger partial charge on any atom is 0.0642 e. The van der Waals surface area contributed by atoms with Gasteiger partial charge in [0.1, 0.15) is 0 Å². The molecule has 0 saturated carbocycles. The van der Waals surface area contributed by atoms with Gasteiger partial charge in [-0.3, -0.25) is 0 Å². The van der Waals surface area contributed by atoms with E-state index in [4.69, 9.17) is 17.3 Å². The lowest BCUT2D eigenvalue weighted by molar-refractivity contribution is 0.832. The van der Waals surface area contributed by atoms with Crippen LogP contribution < -0.4 is 10.6 Å². The molecule has 0 unspecified atom stereocenters. The van der Waals surface area contributed by atoms with Gasteiger partial charge in [0.15, 0.2) is 0 Å². The minimum absolute atomic E-state index is 0.742. The van der Waals surface area contributed by atoms with E-state index in [1.807, 2.05) is 0 Å². The molecule has 88 valence electrons. The number of aryl methyl sites for hydroxylation is 1. The average molecular weight is 239 g/mol. The summed E-state index contributed by atoms with van der Waals surface area (Å²) in [4.78, 5) is 2.37. The van der Waals surface area contributed by atoms with E-state index >= 15 is 0 Å². The molecular formula is C13H19ClN2. The standard InChI is InChI=1S/C13H19ClN2/c14-12-10-11(4-3-7-15)5-6-13(12)16-8-1-2-9-16/h5-6,10H,1-4,7-9,15H2. The van der Waals surface area contributed by atoms with Crippen LogP contribution in [0.25, 0.3) is 0 Å². The summed E-state index contributed by atoms with van der Waals surface area (Å²) in [5, 5.41) is 0.886. The molecule has 0 aliphatic carbocycles. The summed E-state index contributed by atoms with van der Waals surface area (Å²) < 4.78 is 0. The second-order valence-corrected chi connectivity index (χ2v) is 4.78. The van der Waals surface area contributed by atoms with Crippen LogP contribution in [0.1, 0.15) is 24.8 Å². The second kappa shape index (κ2) is 5.55. The fourth-order valence-electron chi connectivity index (χ4n) is 2.23. The third-order valence-corrected chi connectivity index (χ3v) is 3.43. The Morgan fingerprint density at radius 1 is 1.25 bits per heavy atom. The number of hydrogen-bond donors (Lipinski definition) is 1. The van der Waals surface area contributed by atoms with Gasteiger partial charge in [-0.2, -0.15) is 0 Å². The third-order valence-electron chi connectivity index (χ3n) is 3.13. The molecule has 0 aromatic heterocycles. The van der Waals surface area contributed by atoms with Crippen LogP contribution in [0.4, 0.5) is 5.69 Å². The first-order valence-corrected chi connectivity index (χ1v) is 6.42. The number of hydrogen-bond acceptors (Lipinski definition) is 2. The van der Waals surface area contributed by atoms with Gasteiger partial charge in [0, 0.05) is 13.1 Å². The van der Waals surface area contributed by atoms with E-state index in [-0.39, 0.29) is 0 Å². The SMILES string of the molecule is NCCCc1ccc(N2CCCC2)c(Cl)c1. The fraction of sp³-hybridized carbons (Fsp3) is 0.538. The minimum atomic E-state index is 0.742. The zero-order chi connectivity index (χ0) is 11.4. The Balaban J connectivity index is 2.09. The number of nitrogens with zero attached hydrogens (tertiary/aromatic N) is 1. The van der Waals surface area contributed by atoms with Gasteiger partial charge in [0.05, 0.1) is 10.7 Å². The molecule has 1 aromatic rings. The van der Waals surface area contributed by atoms with E-state index in [1.54, 1.807) is 0 Å². The van der Waals surface area contributed by atoms with Crippen molar-refractivity contribution in [1.29, 1.82) is 0 Å². The highest BCUT2D eigenvalue weighted by molar-refractivity contribution is 6.33. The van der Waals surface area contributed by atoms with Crippen molar-refractivity contribution in [3.05, 3.63) is 28.8 Å². The third kappa shape index (κ3) is 2.69. The molecule has 3 heteroatoms. The van der Waals surface area contributed by atoms with E-state index in [0.29, 0.717) is 0 Å². The molecule has 1 saturated heterocycles. The smallest absolute Gasteiger partial charge is 0.0642 e. The van der Waals surface area contributed by atoms with Gasteiger partial charge >= 0.3 is 0 Å². The number of rotatable bonds is 4. The Bertz CT molecular complexity index is 346. The van der Waals surface area contributed by atoms with Crippen molar-refractivity contribution < 1.29 is 0 Å². The monoisotopic (exact) mass is 238 g/mol. The molecule has 0 radical (unpaired) electrons. The van der Waals surface area contributed by atoms with E-state index in [2.05, 4.69) is 23.1 Å². The summed E-state index contributed by atoms with van der Waals surface area (Å²) in [5.41, 5.74) is 7.98. The van der Waals surface area contributed by atoms with Gasteiger partial charge in [-0.1, -0.05) is 17.7 Å². The Labute approximate surface area is 102 Å². The molecule has 2 nitrogen and oxygen atoms in total. The van der Waals surface area contributed by atoms with Crippen LogP contribution >= 0.6 is 11.6 Å². The number of nitrogens with two attached hydrogens (primary N) is 1. The van der Waals surface area contributed by atoms with E-state index < -0.39 is 0 Å². The Hall–Kier alpha value is -0.730. The quantitative estimate of drug-likeness (QED) is 0.874. The lowest BCUT2D eigenvalue weighted by Gasteiger charge is -2.19. The lowest BCUT2D eigenvalue weighted by Crippen LogP contribution is -2.17. The molecule has 1 fully saturated rings. The fourth-order valence-corrected chi connectivity index (χ4v) is 2.55. The molecule has 2 rings (SSSR count). The molecule has 16 heavy (non-hydrogen) atoms. The van der Waals surface area contributed by atoms with Gasteiger partial charge in [-0.25, -0.2) is 0 Å². The highest BCUT2D eigenvalue weighted by Gasteiger charge is 2.14. The van der Waals surface area contributed by atoms with Crippen molar-refractivity contribution in [2.45, 2.75) is 25.7 Å². The van der Waals surface area contributed by atoms with Crippen molar-refractivity contribution >= 4 is 17.3 Å². The molecule has 1 heterocycles. The zero-order valence-corrected chi connectivity index (χ0v) is 10.3. The number of anilines is 1. The first-order valence-electron chi connectivity index (χ1n) is 6.04. The van der Waals surface area contributed by atoms with Crippen molar-refractivity contribution in [1.82, 2.24) is 0 Å². The van der Waals surface area contributed by atoms with Crippen molar-refractivity contribution in [3.8, 4) is 0 Å². The lowest BCUT2D eigenvalue weighted by atomic mass is 10.1. The van der Waals surface area contributed by atoms with E-state index in [9.17, 15) is 0 Å². The molecule has 1 aliphatic heterocycles. The summed E-state index contributed by atoms with van der Waals surface area (Å²) in [7, 11) is 0. The van der Waals surface area contributed by atoms with Crippen LogP contribution in [0, 0.1) is 0 Å². The van der Waals surface area contributed by atoms with Gasteiger partial charge in [-0.05, 0) is 49.9 Å². The maximum atomic E-state index is 6.32. The maximum absolute atomic E-state index is 6.32. The Morgan fingerprint density at radius 2 is 2.00 bits per heavy atom. The van der Waals surface area contributed by atoms with Gasteiger partial charge in [0.2, 0.25) is 0 Å². The highest BCUT2D eigenvalue weighted by atomic mass is 35.5. The van der Waals surface area contributed by atoms with Crippen molar-refractivity contribution in [2.24, 2.45) is 5.73 Å². The van der Waals surface area contributed by atoms with E-state index in [1.165, 1.54) is 24.1 Å². The van der Waals surface area contributed by atoms with E-state index in [0.717, 1.165) is 37.5 Å². The molecule has 0 bridgehead atoms. The summed E-state index contributed by atoms with van der Waals surface area (Å²) >= 11 is 6.32. The Kier molecular flexibility index (Phi) is 4.08. The summed E-state index contributed by atoms with van der Waals surface area (Å²) in [6.07, 6.45) is 4.62. The molecule has 2 N–H and O–H groups in total. The zero-order valence-electron chi connectivity index (χ0n) is 9.58. The van der Waals surface area contributed by atoms with Crippen molar-refractivity contribution in [2.75, 3.05) is 24.5 Å². The van der Waals surface area contributed by atoms with Gasteiger partial charge in [-0.15, -0.1) is 0 Å². The summed E-state index contributed by atoms with van der Waals surface area (Å²) in [6, 6.07) is 6.42. The summed E-state index contributed by atoms with van der Waals surface area (Å²) in [6.45, 7) is 3.02. The van der Waals surface area contributed by atoms with Crippen molar-refractivity contribution in [3.63, 3.8) is 0 Å². The van der Waals surface area contributed by atoms with Gasteiger partial charge in [0.25, 0.3) is 0 Å². The van der Waals surface area contributed by atoms with Crippen LogP contribution in [0.15, 0.2) is 18.2 Å². The van der Waals surface area contributed by atoms with Crippen LogP contribution in [0.2, 0.25) is 5.02 Å². The topological polar surface area (TPSA) is 29.3 Å². The van der Waals surface area contributed by atoms with Crippen LogP contribution in [0.5, 0.6) is 0 Å². The molecule has 1 aromatic carbocycles. The average Bonchev–Trinajstić information content (AvgIpc) is 2.80. The largest absolute Gasteiger partial charge is 0.370 e. The molecule has 0 spiro atoms. The predicted octanol–water partition coefficient (Wildman–Crippen LogP) is 2.83. The van der Waals surface area contributed by atoms with Gasteiger partial charge < -0.3 is 10.6 Å². The molecule has 0 amide bonds. The minimum Gasteiger partial charge on any atom is -0.370 e. The molecule has 0 atom stereocenters. The normalized spacial score (nSPS) is 15.8. The first kappa shape index (κ1) is 11.7. The van der Waals surface area contributed by atoms with Crippen LogP contribution in [-0.4, -0.2) is 19.6 Å². The van der Waals surface area contributed by atoms with Crippen LogP contribution in [-0.2, 0) is 6.42 Å². The number of benzene rings is 1. The second-order valence-electron chi connectivity index (χ2n) is 4.37. The van der Waals surface area contributed by atoms with Crippen LogP contribution in [0.3, 0.4) is 0 Å².